The van der Waals surface area contributed by atoms with Gasteiger partial charge in [0.1, 0.15) is 11.6 Å². The lowest BCUT2D eigenvalue weighted by molar-refractivity contribution is 0.135. The summed E-state index contributed by atoms with van der Waals surface area (Å²) in [4.78, 5) is 16.4. The highest BCUT2D eigenvalue weighted by atomic mass is 19.1. The van der Waals surface area contributed by atoms with Gasteiger partial charge in [0.25, 0.3) is 0 Å². The smallest absolute Gasteiger partial charge is 0.317 e. The predicted octanol–water partition coefficient (Wildman–Crippen LogP) is 2.86. The Labute approximate surface area is 153 Å². The molecule has 1 aliphatic heterocycles. The van der Waals surface area contributed by atoms with Crippen LogP contribution < -0.4 is 10.1 Å². The lowest BCUT2D eigenvalue weighted by atomic mass is 10.2. The summed E-state index contributed by atoms with van der Waals surface area (Å²) in [5.41, 5.74) is 2.12. The van der Waals surface area contributed by atoms with E-state index in [0.29, 0.717) is 19.6 Å². The molecule has 0 unspecified atom stereocenters. The van der Waals surface area contributed by atoms with E-state index in [1.54, 1.807) is 7.11 Å². The molecule has 3 rings (SSSR count). The van der Waals surface area contributed by atoms with Gasteiger partial charge in [0, 0.05) is 39.3 Å². The van der Waals surface area contributed by atoms with E-state index in [0.717, 1.165) is 36.5 Å². The molecule has 1 heterocycles. The van der Waals surface area contributed by atoms with E-state index < -0.39 is 0 Å². The van der Waals surface area contributed by atoms with Gasteiger partial charge in [-0.15, -0.1) is 0 Å². The zero-order valence-electron chi connectivity index (χ0n) is 15.0. The van der Waals surface area contributed by atoms with Crippen LogP contribution >= 0.6 is 0 Å². The number of hydrogen-bond acceptors (Lipinski definition) is 3. The second kappa shape index (κ2) is 8.67. The van der Waals surface area contributed by atoms with Gasteiger partial charge >= 0.3 is 6.03 Å². The van der Waals surface area contributed by atoms with E-state index in [9.17, 15) is 9.18 Å². The number of methoxy groups -OCH3 is 1. The lowest BCUT2D eigenvalue weighted by Gasteiger charge is -2.34. The Bertz CT molecular complexity index is 711. The molecule has 0 aliphatic carbocycles. The fourth-order valence-electron chi connectivity index (χ4n) is 2.99. The van der Waals surface area contributed by atoms with Crippen molar-refractivity contribution in [3.8, 4) is 5.75 Å². The number of carbonyl (C=O) groups excluding carboxylic acids is 1. The third-order valence-electron chi connectivity index (χ3n) is 4.58. The van der Waals surface area contributed by atoms with E-state index >= 15 is 0 Å². The molecule has 0 radical (unpaired) electrons. The minimum atomic E-state index is -0.216. The van der Waals surface area contributed by atoms with E-state index in [1.807, 2.05) is 41.3 Å². The first-order valence-corrected chi connectivity index (χ1v) is 8.76. The first-order chi connectivity index (χ1) is 12.6. The summed E-state index contributed by atoms with van der Waals surface area (Å²) in [6.45, 7) is 4.28. The molecule has 1 saturated heterocycles. The van der Waals surface area contributed by atoms with Gasteiger partial charge in [-0.2, -0.15) is 0 Å². The fourth-order valence-corrected chi connectivity index (χ4v) is 2.99. The molecule has 0 aromatic heterocycles. The standard InChI is InChI=1S/C20H24FN3O2/c1-26-19-8-4-16(5-9-19)14-22-20(25)24-12-10-23(11-13-24)15-17-2-6-18(21)7-3-17/h2-9H,10-15H2,1H3,(H,22,25). The maximum absolute atomic E-state index is 13.0. The summed E-state index contributed by atoms with van der Waals surface area (Å²) in [7, 11) is 1.63. The van der Waals surface area contributed by atoms with Crippen molar-refractivity contribution in [2.75, 3.05) is 33.3 Å². The first-order valence-electron chi connectivity index (χ1n) is 8.76. The van der Waals surface area contributed by atoms with Crippen molar-refractivity contribution in [3.63, 3.8) is 0 Å². The van der Waals surface area contributed by atoms with E-state index in [4.69, 9.17) is 4.74 Å². The van der Waals surface area contributed by atoms with Crippen molar-refractivity contribution in [1.29, 1.82) is 0 Å². The molecule has 138 valence electrons. The minimum absolute atomic E-state index is 0.0396. The third kappa shape index (κ3) is 4.95. The Kier molecular flexibility index (Phi) is 6.07. The number of urea groups is 1. The van der Waals surface area contributed by atoms with Crippen LogP contribution in [-0.4, -0.2) is 49.1 Å². The van der Waals surface area contributed by atoms with E-state index in [2.05, 4.69) is 10.2 Å². The number of nitrogens with zero attached hydrogens (tertiary/aromatic N) is 2. The van der Waals surface area contributed by atoms with Gasteiger partial charge in [-0.25, -0.2) is 9.18 Å². The van der Waals surface area contributed by atoms with Crippen LogP contribution in [0.5, 0.6) is 5.75 Å². The molecule has 2 aromatic carbocycles. The van der Waals surface area contributed by atoms with Gasteiger partial charge in [-0.05, 0) is 35.4 Å². The highest BCUT2D eigenvalue weighted by Crippen LogP contribution is 2.12. The summed E-state index contributed by atoms with van der Waals surface area (Å²) >= 11 is 0. The molecular formula is C20H24FN3O2. The molecule has 26 heavy (non-hydrogen) atoms. The highest BCUT2D eigenvalue weighted by molar-refractivity contribution is 5.74. The van der Waals surface area contributed by atoms with Gasteiger partial charge in [-0.3, -0.25) is 4.90 Å². The second-order valence-corrected chi connectivity index (χ2v) is 6.40. The van der Waals surface area contributed by atoms with Crippen molar-refractivity contribution < 1.29 is 13.9 Å². The average molecular weight is 357 g/mol. The maximum atomic E-state index is 13.0. The Morgan fingerprint density at radius 2 is 1.62 bits per heavy atom. The maximum Gasteiger partial charge on any atom is 0.317 e. The average Bonchev–Trinajstić information content (AvgIpc) is 2.69. The molecule has 2 aromatic rings. The molecule has 0 atom stereocenters. The molecule has 0 saturated carbocycles. The number of piperazine rings is 1. The molecule has 5 nitrogen and oxygen atoms in total. The van der Waals surface area contributed by atoms with E-state index in [1.165, 1.54) is 12.1 Å². The van der Waals surface area contributed by atoms with Crippen LogP contribution in [0.25, 0.3) is 0 Å². The number of carbonyl (C=O) groups is 1. The number of hydrogen-bond donors (Lipinski definition) is 1. The predicted molar refractivity (Wildman–Crippen MR) is 98.5 cm³/mol. The molecule has 6 heteroatoms. The Morgan fingerprint density at radius 3 is 2.23 bits per heavy atom. The first kappa shape index (κ1) is 18.2. The van der Waals surface area contributed by atoms with Crippen LogP contribution in [0.4, 0.5) is 9.18 Å². The van der Waals surface area contributed by atoms with Crippen molar-refractivity contribution in [2.45, 2.75) is 13.1 Å². The fraction of sp³-hybridized carbons (Fsp3) is 0.350. The SMILES string of the molecule is COc1ccc(CNC(=O)N2CCN(Cc3ccc(F)cc3)CC2)cc1. The van der Waals surface area contributed by atoms with Gasteiger partial charge < -0.3 is 15.0 Å². The summed E-state index contributed by atoms with van der Waals surface area (Å²) in [5.74, 6) is 0.587. The quantitative estimate of drug-likeness (QED) is 0.895. The topological polar surface area (TPSA) is 44.8 Å². The number of benzene rings is 2. The monoisotopic (exact) mass is 357 g/mol. The normalized spacial score (nSPS) is 14.9. The lowest BCUT2D eigenvalue weighted by Crippen LogP contribution is -2.51. The van der Waals surface area contributed by atoms with Crippen LogP contribution in [0.1, 0.15) is 11.1 Å². The van der Waals surface area contributed by atoms with Gasteiger partial charge in [0.15, 0.2) is 0 Å². The third-order valence-corrected chi connectivity index (χ3v) is 4.58. The summed E-state index contributed by atoms with van der Waals surface area (Å²) in [6.07, 6.45) is 0. The Hall–Kier alpha value is -2.60. The Morgan fingerprint density at radius 1 is 1.00 bits per heavy atom. The van der Waals surface area contributed by atoms with Gasteiger partial charge in [-0.1, -0.05) is 24.3 Å². The number of halogens is 1. The Balaban J connectivity index is 1.42. The van der Waals surface area contributed by atoms with E-state index in [-0.39, 0.29) is 11.8 Å². The molecule has 1 fully saturated rings. The van der Waals surface area contributed by atoms with Gasteiger partial charge in [0.05, 0.1) is 7.11 Å². The van der Waals surface area contributed by atoms with Crippen molar-refractivity contribution >= 4 is 6.03 Å². The number of rotatable bonds is 5. The highest BCUT2D eigenvalue weighted by Gasteiger charge is 2.20. The van der Waals surface area contributed by atoms with Crippen LogP contribution in [0.15, 0.2) is 48.5 Å². The zero-order valence-corrected chi connectivity index (χ0v) is 15.0. The minimum Gasteiger partial charge on any atom is -0.497 e. The number of nitrogens with one attached hydrogen (secondary N) is 1. The number of amides is 2. The van der Waals surface area contributed by atoms with Crippen molar-refractivity contribution in [3.05, 3.63) is 65.5 Å². The van der Waals surface area contributed by atoms with Crippen LogP contribution in [0, 0.1) is 5.82 Å². The summed E-state index contributed by atoms with van der Waals surface area (Å²) < 4.78 is 18.1. The van der Waals surface area contributed by atoms with Crippen LogP contribution in [0.2, 0.25) is 0 Å². The van der Waals surface area contributed by atoms with Crippen LogP contribution in [-0.2, 0) is 13.1 Å². The molecule has 1 N–H and O–H groups in total. The van der Waals surface area contributed by atoms with Crippen molar-refractivity contribution in [1.82, 2.24) is 15.1 Å². The molecule has 1 aliphatic rings. The second-order valence-electron chi connectivity index (χ2n) is 6.40. The summed E-state index contributed by atoms with van der Waals surface area (Å²) in [6, 6.07) is 14.2. The molecule has 0 bridgehead atoms. The van der Waals surface area contributed by atoms with Gasteiger partial charge in [0.2, 0.25) is 0 Å². The largest absolute Gasteiger partial charge is 0.497 e. The van der Waals surface area contributed by atoms with Crippen LogP contribution in [0.3, 0.4) is 0 Å². The molecular weight excluding hydrogens is 333 g/mol. The van der Waals surface area contributed by atoms with Crippen molar-refractivity contribution in [2.24, 2.45) is 0 Å². The zero-order chi connectivity index (χ0) is 18.4. The number of ether oxygens (including phenoxy) is 1. The summed E-state index contributed by atoms with van der Waals surface area (Å²) in [5, 5.41) is 2.96. The molecule has 2 amide bonds. The molecule has 0 spiro atoms.